The largest absolute Gasteiger partial charge is 0.399 e. The molecule has 0 aliphatic carbocycles. The number of rotatable bonds is 10. The molecule has 1 radical (unpaired) electrons. The van der Waals surface area contributed by atoms with Crippen molar-refractivity contribution >= 4 is 15.7 Å². The van der Waals surface area contributed by atoms with Gasteiger partial charge in [-0.25, -0.2) is 8.42 Å². The molecule has 0 spiro atoms. The first-order valence-electron chi connectivity index (χ1n) is 12.8. The predicted octanol–water partition coefficient (Wildman–Crippen LogP) is 3.10. The molecule has 2 fully saturated rings. The summed E-state index contributed by atoms with van der Waals surface area (Å²) >= 11 is 0. The van der Waals surface area contributed by atoms with E-state index >= 15 is 0 Å². The lowest BCUT2D eigenvalue weighted by Crippen LogP contribution is -2.54. The van der Waals surface area contributed by atoms with Gasteiger partial charge in [-0.2, -0.15) is 4.31 Å². The van der Waals surface area contributed by atoms with Gasteiger partial charge in [0.05, 0.1) is 31.6 Å². The van der Waals surface area contributed by atoms with Crippen molar-refractivity contribution in [3.05, 3.63) is 66.6 Å². The molecule has 185 valence electrons. The van der Waals surface area contributed by atoms with Crippen LogP contribution < -0.4 is 5.73 Å². The van der Waals surface area contributed by atoms with Gasteiger partial charge >= 0.3 is 0 Å². The average Bonchev–Trinajstić information content (AvgIpc) is 3.40. The van der Waals surface area contributed by atoms with Gasteiger partial charge in [0.2, 0.25) is 10.0 Å². The third-order valence-corrected chi connectivity index (χ3v) is 8.27. The number of nitrogens with two attached hydrogens (primary N) is 1. The van der Waals surface area contributed by atoms with Gasteiger partial charge in [-0.1, -0.05) is 44.2 Å². The summed E-state index contributed by atoms with van der Waals surface area (Å²) in [5.41, 5.74) is 7.07. The molecule has 2 aromatic rings. The third kappa shape index (κ3) is 5.47. The van der Waals surface area contributed by atoms with Crippen LogP contribution in [-0.2, 0) is 25.9 Å². The zero-order chi connectivity index (χ0) is 26.0. The molecule has 7 nitrogen and oxygen atoms in total. The monoisotopic (exact) mass is 489 g/mol. The van der Waals surface area contributed by atoms with E-state index in [0.29, 0.717) is 18.7 Å². The summed E-state index contributed by atoms with van der Waals surface area (Å²) in [6.45, 7) is 3.25. The number of aliphatic hydroxyl groups excluding tert-OH is 1. The van der Waals surface area contributed by atoms with E-state index in [9.17, 15) is 13.5 Å². The van der Waals surface area contributed by atoms with E-state index in [1.54, 1.807) is 0 Å². The van der Waals surface area contributed by atoms with Gasteiger partial charge in [-0.3, -0.25) is 0 Å². The lowest BCUT2D eigenvalue weighted by Gasteiger charge is -2.39. The quantitative estimate of drug-likeness (QED) is 0.497. The van der Waals surface area contributed by atoms with Crippen LogP contribution in [0.25, 0.3) is 0 Å². The number of aliphatic hydroxyl groups is 1. The van der Waals surface area contributed by atoms with E-state index in [2.05, 4.69) is 0 Å². The van der Waals surface area contributed by atoms with E-state index in [1.807, 2.05) is 44.2 Å². The molecule has 34 heavy (non-hydrogen) atoms. The maximum absolute atomic E-state index is 14.0. The van der Waals surface area contributed by atoms with Crippen LogP contribution in [0, 0.1) is 24.2 Å². The molecule has 2 saturated heterocycles. The first-order chi connectivity index (χ1) is 17.1. The molecule has 3 N–H and O–H groups in total. The normalized spacial score (nSPS) is 27.6. The SMILES string of the molecule is [2H][C](Cc1ccccc1)[C@@H](O)[C@@H](C1C([2H])O[C@H]2OCC[C@@H]12)N(CC(C)C)S(=O)(=O)c1ccc(N)cc1. The van der Waals surface area contributed by atoms with Crippen LogP contribution in [0.5, 0.6) is 0 Å². The van der Waals surface area contributed by atoms with Crippen molar-refractivity contribution in [3.8, 4) is 0 Å². The first-order valence-corrected chi connectivity index (χ1v) is 13.1. The highest BCUT2D eigenvalue weighted by atomic mass is 32.2. The van der Waals surface area contributed by atoms with Gasteiger partial charge in [0.15, 0.2) is 6.29 Å². The van der Waals surface area contributed by atoms with E-state index < -0.39 is 41.0 Å². The Morgan fingerprint density at radius 3 is 2.59 bits per heavy atom. The van der Waals surface area contributed by atoms with E-state index in [1.165, 1.54) is 28.6 Å². The Morgan fingerprint density at radius 1 is 1.21 bits per heavy atom. The smallest absolute Gasteiger partial charge is 0.243 e. The molecule has 0 saturated carbocycles. The first kappa shape index (κ1) is 22.5. The number of sulfonamides is 1. The van der Waals surface area contributed by atoms with Crippen LogP contribution in [0.2, 0.25) is 0 Å². The van der Waals surface area contributed by atoms with E-state index in [0.717, 1.165) is 5.56 Å². The summed E-state index contributed by atoms with van der Waals surface area (Å²) in [6, 6.07) is 14.2. The van der Waals surface area contributed by atoms with Crippen molar-refractivity contribution in [3.63, 3.8) is 0 Å². The molecule has 0 bridgehead atoms. The third-order valence-electron chi connectivity index (χ3n) is 6.39. The minimum Gasteiger partial charge on any atom is -0.399 e. The Labute approximate surface area is 205 Å². The second kappa shape index (κ2) is 10.7. The summed E-state index contributed by atoms with van der Waals surface area (Å²) < 4.78 is 58.2. The fraction of sp³-hybridized carbons (Fsp3) is 0.500. The molecule has 0 amide bonds. The van der Waals surface area contributed by atoms with Crippen molar-refractivity contribution < 1.29 is 25.7 Å². The number of nitrogens with zero attached hydrogens (tertiary/aromatic N) is 1. The van der Waals surface area contributed by atoms with Crippen LogP contribution in [0.1, 0.15) is 28.6 Å². The van der Waals surface area contributed by atoms with Crippen LogP contribution >= 0.6 is 0 Å². The summed E-state index contributed by atoms with van der Waals surface area (Å²) in [5, 5.41) is 11.6. The lowest BCUT2D eigenvalue weighted by atomic mass is 9.82. The van der Waals surface area contributed by atoms with Crippen LogP contribution in [0.3, 0.4) is 0 Å². The molecule has 0 aromatic heterocycles. The highest BCUT2D eigenvalue weighted by Crippen LogP contribution is 2.41. The number of nitrogen functional groups attached to an aromatic ring is 1. The Hall–Kier alpha value is -1.97. The van der Waals surface area contributed by atoms with Crippen molar-refractivity contribution in [2.45, 2.75) is 50.0 Å². The van der Waals surface area contributed by atoms with Crippen LogP contribution in [0.4, 0.5) is 5.69 Å². The molecule has 2 aliphatic heterocycles. The highest BCUT2D eigenvalue weighted by molar-refractivity contribution is 7.89. The van der Waals surface area contributed by atoms with Crippen LogP contribution in [0.15, 0.2) is 59.5 Å². The Bertz CT molecular complexity index is 1100. The maximum Gasteiger partial charge on any atom is 0.243 e. The number of hydrogen-bond donors (Lipinski definition) is 2. The molecule has 4 rings (SSSR count). The van der Waals surface area contributed by atoms with Gasteiger partial charge in [0.25, 0.3) is 0 Å². The molecule has 2 aromatic carbocycles. The molecular formula is C26H35N2O5S. The van der Waals surface area contributed by atoms with E-state index in [4.69, 9.17) is 17.9 Å². The summed E-state index contributed by atoms with van der Waals surface area (Å²) in [4.78, 5) is 0.0452. The van der Waals surface area contributed by atoms with Crippen molar-refractivity contribution in [2.24, 2.45) is 17.8 Å². The minimum atomic E-state index is -4.11. The predicted molar refractivity (Wildman–Crippen MR) is 131 cm³/mol. The average molecular weight is 490 g/mol. The second-order valence-electron chi connectivity index (χ2n) is 9.38. The molecule has 2 heterocycles. The fourth-order valence-electron chi connectivity index (χ4n) is 4.71. The van der Waals surface area contributed by atoms with Gasteiger partial charge in [-0.15, -0.1) is 0 Å². The summed E-state index contributed by atoms with van der Waals surface area (Å²) in [5.74, 6) is -1.01. The molecule has 8 heteroatoms. The zero-order valence-corrected chi connectivity index (χ0v) is 20.4. The summed E-state index contributed by atoms with van der Waals surface area (Å²) in [6.07, 6.45) is -1.31. The number of anilines is 1. The fourth-order valence-corrected chi connectivity index (χ4v) is 6.53. The number of ether oxygens (including phenoxy) is 2. The van der Waals surface area contributed by atoms with Gasteiger partial charge in [0, 0.05) is 25.4 Å². The number of fused-ring (bicyclic) bond motifs is 1. The second-order valence-corrected chi connectivity index (χ2v) is 11.3. The topological polar surface area (TPSA) is 102 Å². The van der Waals surface area contributed by atoms with Gasteiger partial charge < -0.3 is 20.3 Å². The number of hydrogen-bond acceptors (Lipinski definition) is 6. The minimum absolute atomic E-state index is 0.0120. The highest BCUT2D eigenvalue weighted by Gasteiger charge is 2.50. The number of benzene rings is 2. The Morgan fingerprint density at radius 2 is 1.91 bits per heavy atom. The van der Waals surface area contributed by atoms with Gasteiger partial charge in [-0.05, 0) is 55.0 Å². The molecule has 2 unspecified atom stereocenters. The van der Waals surface area contributed by atoms with Crippen molar-refractivity contribution in [1.82, 2.24) is 4.31 Å². The molecule has 6 atom stereocenters. The molecule has 2 aliphatic rings. The Balaban J connectivity index is 1.77. The lowest BCUT2D eigenvalue weighted by molar-refractivity contribution is -0.0906. The van der Waals surface area contributed by atoms with E-state index in [-0.39, 0.29) is 36.1 Å². The van der Waals surface area contributed by atoms with Crippen LogP contribution in [-0.4, -0.2) is 56.0 Å². The Kier molecular flexibility index (Phi) is 7.11. The van der Waals surface area contributed by atoms with Gasteiger partial charge in [0.1, 0.15) is 0 Å². The zero-order valence-electron chi connectivity index (χ0n) is 21.6. The molecular weight excluding hydrogens is 452 g/mol. The van der Waals surface area contributed by atoms with Crippen molar-refractivity contribution in [1.29, 1.82) is 0 Å². The van der Waals surface area contributed by atoms with Crippen molar-refractivity contribution in [2.75, 3.05) is 25.5 Å². The summed E-state index contributed by atoms with van der Waals surface area (Å²) in [7, 11) is -4.11. The maximum atomic E-state index is 14.0. The standard InChI is InChI=1S/C26H35N2O5S/c1-18(2)16-28(34(30,31)21-11-9-20(27)10-12-21)25(23-17-33-26-22(23)14-15-32-26)24(29)13-8-19-6-4-3-5-7-19/h3-7,9-13,18,22-26,29H,8,14-17,27H2,1-2H3/t22-,23?,24+,25+,26+/m0/s1/i13D,17D/t17?,22-,23?,24+,25+,26+.